The van der Waals surface area contributed by atoms with Gasteiger partial charge in [-0.3, -0.25) is 9.59 Å². The molecule has 0 aliphatic carbocycles. The number of ether oxygens (including phenoxy) is 2. The van der Waals surface area contributed by atoms with Gasteiger partial charge in [-0.1, -0.05) is 175 Å². The number of hydrogen-bond donors (Lipinski definition) is 0. The van der Waals surface area contributed by atoms with Crippen LogP contribution in [0, 0.1) is 17.8 Å². The second kappa shape index (κ2) is 33.1. The number of esters is 2. The van der Waals surface area contributed by atoms with Gasteiger partial charge in [0.25, 0.3) is 0 Å². The fourth-order valence-corrected chi connectivity index (χ4v) is 7.47. The van der Waals surface area contributed by atoms with Crippen LogP contribution in [0.4, 0.5) is 0 Å². The quantitative estimate of drug-likeness (QED) is 0.0493. The molecule has 1 rings (SSSR count). The van der Waals surface area contributed by atoms with Crippen molar-refractivity contribution in [2.45, 2.75) is 213 Å². The van der Waals surface area contributed by atoms with E-state index in [-0.39, 0.29) is 17.9 Å². The number of unbranched alkanes of at least 4 members (excludes halogenated alkanes) is 19. The van der Waals surface area contributed by atoms with Crippen molar-refractivity contribution in [3.05, 3.63) is 0 Å². The molecule has 5 nitrogen and oxygen atoms in total. The predicted molar refractivity (Wildman–Crippen MR) is 205 cm³/mol. The van der Waals surface area contributed by atoms with Crippen molar-refractivity contribution in [1.82, 2.24) is 4.90 Å². The van der Waals surface area contributed by atoms with Gasteiger partial charge in [0, 0.05) is 13.0 Å². The van der Waals surface area contributed by atoms with Gasteiger partial charge in [-0.25, -0.2) is 0 Å². The lowest BCUT2D eigenvalue weighted by atomic mass is 9.91. The first-order valence-electron chi connectivity index (χ1n) is 21.5. The topological polar surface area (TPSA) is 55.8 Å². The number of carbonyl (C=O) groups excluding carboxylic acids is 2. The highest BCUT2D eigenvalue weighted by molar-refractivity contribution is 5.73. The monoisotopic (exact) mass is 678 g/mol. The minimum absolute atomic E-state index is 0.00389. The van der Waals surface area contributed by atoms with E-state index in [1.54, 1.807) is 0 Å². The fraction of sp³-hybridized carbons (Fsp3) is 0.953. The Morgan fingerprint density at radius 2 is 1.00 bits per heavy atom. The van der Waals surface area contributed by atoms with Gasteiger partial charge in [-0.05, 0) is 57.5 Å². The minimum Gasteiger partial charge on any atom is -0.466 e. The van der Waals surface area contributed by atoms with Crippen LogP contribution >= 0.6 is 0 Å². The van der Waals surface area contributed by atoms with Crippen LogP contribution in [0.5, 0.6) is 0 Å². The Kier molecular flexibility index (Phi) is 30.9. The van der Waals surface area contributed by atoms with E-state index in [4.69, 9.17) is 9.47 Å². The van der Waals surface area contributed by atoms with E-state index < -0.39 is 0 Å². The molecule has 0 aromatic carbocycles. The summed E-state index contributed by atoms with van der Waals surface area (Å²) in [4.78, 5) is 27.5. The van der Waals surface area contributed by atoms with Crippen molar-refractivity contribution in [1.29, 1.82) is 0 Å². The Morgan fingerprint density at radius 3 is 1.46 bits per heavy atom. The average molecular weight is 678 g/mol. The summed E-state index contributed by atoms with van der Waals surface area (Å²) < 4.78 is 11.6. The molecule has 0 saturated carbocycles. The highest BCUT2D eigenvalue weighted by Gasteiger charge is 2.28. The molecule has 2 atom stereocenters. The van der Waals surface area contributed by atoms with Crippen molar-refractivity contribution >= 4 is 11.9 Å². The molecule has 1 fully saturated rings. The molecule has 0 spiro atoms. The Labute approximate surface area is 299 Å². The Balaban J connectivity index is 2.32. The van der Waals surface area contributed by atoms with Crippen molar-refractivity contribution in [2.75, 3.05) is 33.4 Å². The zero-order valence-corrected chi connectivity index (χ0v) is 32.9. The molecule has 0 bridgehead atoms. The third-order valence-corrected chi connectivity index (χ3v) is 10.9. The molecule has 1 aliphatic rings. The summed E-state index contributed by atoms with van der Waals surface area (Å²) in [6.45, 7) is 9.82. The molecule has 0 radical (unpaired) electrons. The molecule has 1 heterocycles. The summed E-state index contributed by atoms with van der Waals surface area (Å²) >= 11 is 0. The van der Waals surface area contributed by atoms with Crippen LogP contribution in [0.2, 0.25) is 0 Å². The molecular weight excluding hydrogens is 594 g/mol. The summed E-state index contributed by atoms with van der Waals surface area (Å²) in [6, 6.07) is 0. The summed E-state index contributed by atoms with van der Waals surface area (Å²) in [5.41, 5.74) is 0. The molecule has 1 saturated heterocycles. The van der Waals surface area contributed by atoms with E-state index in [9.17, 15) is 9.59 Å². The molecule has 5 heteroatoms. The number of rotatable bonds is 35. The van der Waals surface area contributed by atoms with Crippen molar-refractivity contribution in [2.24, 2.45) is 17.8 Å². The Bertz CT molecular complexity index is 712. The Morgan fingerprint density at radius 1 is 0.562 bits per heavy atom. The summed E-state index contributed by atoms with van der Waals surface area (Å²) in [6.07, 6.45) is 37.2. The predicted octanol–water partition coefficient (Wildman–Crippen LogP) is 12.6. The van der Waals surface area contributed by atoms with E-state index in [1.807, 2.05) is 0 Å². The first-order valence-corrected chi connectivity index (χ1v) is 21.5. The second-order valence-corrected chi connectivity index (χ2v) is 15.6. The molecule has 0 N–H and O–H groups in total. The van der Waals surface area contributed by atoms with Crippen molar-refractivity contribution in [3.63, 3.8) is 0 Å². The van der Waals surface area contributed by atoms with E-state index in [1.165, 1.54) is 141 Å². The van der Waals surface area contributed by atoms with Crippen LogP contribution < -0.4 is 0 Å². The second-order valence-electron chi connectivity index (χ2n) is 15.6. The first kappa shape index (κ1) is 44.9. The van der Waals surface area contributed by atoms with Gasteiger partial charge in [0.1, 0.15) is 0 Å². The van der Waals surface area contributed by atoms with Gasteiger partial charge in [0.2, 0.25) is 0 Å². The fourth-order valence-electron chi connectivity index (χ4n) is 7.47. The van der Waals surface area contributed by atoms with Crippen molar-refractivity contribution < 1.29 is 19.1 Å². The minimum atomic E-state index is -0.0150. The lowest BCUT2D eigenvalue weighted by Gasteiger charge is -2.19. The van der Waals surface area contributed by atoms with Crippen LogP contribution in [-0.4, -0.2) is 50.2 Å². The maximum Gasteiger partial charge on any atom is 0.310 e. The van der Waals surface area contributed by atoms with Crippen LogP contribution in [0.15, 0.2) is 0 Å². The van der Waals surface area contributed by atoms with E-state index in [2.05, 4.69) is 32.7 Å². The molecule has 2 unspecified atom stereocenters. The van der Waals surface area contributed by atoms with E-state index >= 15 is 0 Å². The zero-order chi connectivity index (χ0) is 34.9. The molecule has 0 aromatic heterocycles. The molecular formula is C43H83NO4. The highest BCUT2D eigenvalue weighted by atomic mass is 16.5. The van der Waals surface area contributed by atoms with Gasteiger partial charge in [-0.15, -0.1) is 0 Å². The maximum atomic E-state index is 12.7. The third kappa shape index (κ3) is 26.7. The van der Waals surface area contributed by atoms with Gasteiger partial charge in [0.05, 0.1) is 19.1 Å². The Hall–Kier alpha value is -1.10. The highest BCUT2D eigenvalue weighted by Crippen LogP contribution is 2.24. The first-order chi connectivity index (χ1) is 23.5. The SMILES string of the molecule is CCCCCCCCCCC(CCCCCC(=O)OCCC(CCCCCCCC)CCCCCCCC)COC(=O)C1CCN(C)C1. The zero-order valence-electron chi connectivity index (χ0n) is 32.9. The molecule has 48 heavy (non-hydrogen) atoms. The third-order valence-electron chi connectivity index (χ3n) is 10.9. The van der Waals surface area contributed by atoms with Crippen LogP contribution in [-0.2, 0) is 19.1 Å². The van der Waals surface area contributed by atoms with Crippen LogP contribution in [0.1, 0.15) is 213 Å². The molecule has 1 aliphatic heterocycles. The maximum absolute atomic E-state index is 12.7. The number of hydrogen-bond acceptors (Lipinski definition) is 5. The lowest BCUT2D eigenvalue weighted by Crippen LogP contribution is -2.24. The van der Waals surface area contributed by atoms with Crippen LogP contribution in [0.3, 0.4) is 0 Å². The normalized spacial score (nSPS) is 15.7. The average Bonchev–Trinajstić information content (AvgIpc) is 3.53. The van der Waals surface area contributed by atoms with Gasteiger partial charge in [-0.2, -0.15) is 0 Å². The van der Waals surface area contributed by atoms with Gasteiger partial charge < -0.3 is 14.4 Å². The number of nitrogens with zero attached hydrogens (tertiary/aromatic N) is 1. The smallest absolute Gasteiger partial charge is 0.310 e. The summed E-state index contributed by atoms with van der Waals surface area (Å²) in [5.74, 6) is 1.18. The standard InChI is InChI=1S/C43H83NO4/c1-5-8-11-14-17-18-21-25-30-40(38-48-43(46)41-33-35-44(4)37-41)31-26-22-27-32-42(45)47-36-34-39(28-23-19-15-12-9-6-2)29-24-20-16-13-10-7-3/h39-41H,5-38H2,1-4H3. The van der Waals surface area contributed by atoms with Crippen molar-refractivity contribution in [3.8, 4) is 0 Å². The summed E-state index contributed by atoms with van der Waals surface area (Å²) in [5, 5.41) is 0. The molecule has 0 amide bonds. The van der Waals surface area contributed by atoms with Gasteiger partial charge >= 0.3 is 11.9 Å². The largest absolute Gasteiger partial charge is 0.466 e. The van der Waals surface area contributed by atoms with E-state index in [0.717, 1.165) is 58.0 Å². The number of likely N-dealkylation sites (tertiary alicyclic amines) is 1. The number of carbonyl (C=O) groups is 2. The lowest BCUT2D eigenvalue weighted by molar-refractivity contribution is -0.149. The van der Waals surface area contributed by atoms with Gasteiger partial charge in [0.15, 0.2) is 0 Å². The van der Waals surface area contributed by atoms with E-state index in [0.29, 0.717) is 31.5 Å². The summed E-state index contributed by atoms with van der Waals surface area (Å²) in [7, 11) is 2.08. The van der Waals surface area contributed by atoms with Crippen LogP contribution in [0.25, 0.3) is 0 Å². The molecule has 284 valence electrons. The molecule has 0 aromatic rings.